The van der Waals surface area contributed by atoms with Crippen LogP contribution in [-0.2, 0) is 0 Å². The molecule has 0 fully saturated rings. The van der Waals surface area contributed by atoms with E-state index in [9.17, 15) is 0 Å². The summed E-state index contributed by atoms with van der Waals surface area (Å²) in [5.74, 6) is 2.68. The summed E-state index contributed by atoms with van der Waals surface area (Å²) < 4.78 is 4.64. The van der Waals surface area contributed by atoms with E-state index in [1.54, 1.807) is 22.7 Å². The fourth-order valence-electron chi connectivity index (χ4n) is 7.53. The number of aromatic nitrogens is 5. The van der Waals surface area contributed by atoms with E-state index in [-0.39, 0.29) is 0 Å². The maximum Gasteiger partial charge on any atom is 0.165 e. The van der Waals surface area contributed by atoms with Gasteiger partial charge in [0, 0.05) is 58.1 Å². The maximum atomic E-state index is 5.26. The summed E-state index contributed by atoms with van der Waals surface area (Å²) in [5.41, 5.74) is 9.18. The van der Waals surface area contributed by atoms with Crippen molar-refractivity contribution in [3.63, 3.8) is 0 Å². The average Bonchev–Trinajstić information content (AvgIpc) is 3.86. The number of fused-ring (bicyclic) bond motifs is 6. The molecule has 7 aromatic carbocycles. The van der Waals surface area contributed by atoms with Gasteiger partial charge in [-0.25, -0.2) is 24.9 Å². The van der Waals surface area contributed by atoms with Gasteiger partial charge in [-0.3, -0.25) is 0 Å². The minimum absolute atomic E-state index is 0.651. The van der Waals surface area contributed by atoms with Crippen molar-refractivity contribution in [1.82, 2.24) is 24.9 Å². The van der Waals surface area contributed by atoms with Crippen LogP contribution in [0.5, 0.6) is 0 Å². The van der Waals surface area contributed by atoms with Gasteiger partial charge in [0.15, 0.2) is 23.3 Å². The second-order valence-electron chi connectivity index (χ2n) is 13.6. The molecule has 5 nitrogen and oxygen atoms in total. The van der Waals surface area contributed by atoms with Gasteiger partial charge in [-0.05, 0) is 35.4 Å². The van der Waals surface area contributed by atoms with Crippen LogP contribution >= 0.6 is 22.7 Å². The van der Waals surface area contributed by atoms with Crippen molar-refractivity contribution in [2.24, 2.45) is 0 Å². The standard InChI is InChI=1S/C49H29N5S2/c1-4-15-30(16-5-1)46-50-42(45-43(51-46)36-23-10-11-27-39(36)55-45)34-22-12-21-33(29-34)35-24-14-28-40-41(35)37-25-13-26-38(44(37)56-40)49-53-47(31-17-6-2-7-18-31)52-48(54-49)32-19-8-3-9-20-32/h1-29H. The van der Waals surface area contributed by atoms with E-state index in [1.165, 1.54) is 25.7 Å². The van der Waals surface area contributed by atoms with Gasteiger partial charge in [-0.15, -0.1) is 22.7 Å². The van der Waals surface area contributed by atoms with Crippen molar-refractivity contribution in [2.45, 2.75) is 0 Å². The lowest BCUT2D eigenvalue weighted by Crippen LogP contribution is -2.00. The highest BCUT2D eigenvalue weighted by Crippen LogP contribution is 2.45. The fourth-order valence-corrected chi connectivity index (χ4v) is 9.92. The Kier molecular flexibility index (Phi) is 7.79. The first-order valence-corrected chi connectivity index (χ1v) is 20.1. The van der Waals surface area contributed by atoms with Crippen molar-refractivity contribution >= 4 is 63.1 Å². The van der Waals surface area contributed by atoms with Gasteiger partial charge in [0.25, 0.3) is 0 Å². The highest BCUT2D eigenvalue weighted by atomic mass is 32.1. The third-order valence-electron chi connectivity index (χ3n) is 10.2. The van der Waals surface area contributed by atoms with Crippen molar-refractivity contribution in [3.05, 3.63) is 176 Å². The first-order valence-electron chi connectivity index (χ1n) is 18.4. The predicted molar refractivity (Wildman–Crippen MR) is 234 cm³/mol. The molecule has 56 heavy (non-hydrogen) atoms. The minimum Gasteiger partial charge on any atom is -0.226 e. The molecule has 0 aliphatic heterocycles. The number of thiophene rings is 2. The molecule has 0 atom stereocenters. The molecular formula is C49H29N5S2. The summed E-state index contributed by atoms with van der Waals surface area (Å²) in [6, 6.07) is 60.9. The molecule has 0 spiro atoms. The monoisotopic (exact) mass is 751 g/mol. The molecule has 0 aliphatic carbocycles. The van der Waals surface area contributed by atoms with E-state index in [2.05, 4.69) is 97.1 Å². The maximum absolute atomic E-state index is 5.26. The Bertz CT molecular complexity index is 3190. The predicted octanol–water partition coefficient (Wildman–Crippen LogP) is 13.4. The van der Waals surface area contributed by atoms with E-state index in [1.807, 2.05) is 78.9 Å². The molecule has 0 saturated heterocycles. The van der Waals surface area contributed by atoms with Gasteiger partial charge in [0.2, 0.25) is 0 Å². The molecule has 7 heteroatoms. The quantitative estimate of drug-likeness (QED) is 0.169. The van der Waals surface area contributed by atoms with Crippen LogP contribution in [0.2, 0.25) is 0 Å². The van der Waals surface area contributed by atoms with Gasteiger partial charge >= 0.3 is 0 Å². The van der Waals surface area contributed by atoms with Crippen molar-refractivity contribution < 1.29 is 0 Å². The second-order valence-corrected chi connectivity index (χ2v) is 15.7. The molecule has 0 N–H and O–H groups in total. The zero-order chi connectivity index (χ0) is 37.0. The highest BCUT2D eigenvalue weighted by molar-refractivity contribution is 7.26. The zero-order valence-electron chi connectivity index (χ0n) is 29.8. The first-order chi connectivity index (χ1) is 27.7. The van der Waals surface area contributed by atoms with Crippen LogP contribution in [0.25, 0.3) is 108 Å². The molecule has 0 unspecified atom stereocenters. The molecule has 0 bridgehead atoms. The topological polar surface area (TPSA) is 64.5 Å². The van der Waals surface area contributed by atoms with Crippen LogP contribution in [0.15, 0.2) is 176 Å². The molecule has 0 saturated carbocycles. The number of rotatable bonds is 6. The Morgan fingerprint density at radius 3 is 1.54 bits per heavy atom. The summed E-state index contributed by atoms with van der Waals surface area (Å²) in [6.07, 6.45) is 0. The van der Waals surface area contributed by atoms with Crippen LogP contribution in [0.4, 0.5) is 0 Å². The minimum atomic E-state index is 0.651. The lowest BCUT2D eigenvalue weighted by molar-refractivity contribution is 1.08. The summed E-state index contributed by atoms with van der Waals surface area (Å²) >= 11 is 3.53. The Balaban J connectivity index is 1.09. The highest BCUT2D eigenvalue weighted by Gasteiger charge is 2.20. The fraction of sp³-hybridized carbons (Fsp3) is 0. The van der Waals surface area contributed by atoms with Crippen molar-refractivity contribution in [1.29, 1.82) is 0 Å². The summed E-state index contributed by atoms with van der Waals surface area (Å²) in [6.45, 7) is 0. The molecule has 11 aromatic rings. The van der Waals surface area contributed by atoms with E-state index in [0.29, 0.717) is 17.5 Å². The Labute approximate surface area is 330 Å². The van der Waals surface area contributed by atoms with Gasteiger partial charge in [0.1, 0.15) is 0 Å². The Hall–Kier alpha value is -6.93. The molecule has 4 aromatic heterocycles. The zero-order valence-corrected chi connectivity index (χ0v) is 31.4. The smallest absolute Gasteiger partial charge is 0.165 e. The van der Waals surface area contributed by atoms with E-state index < -0.39 is 0 Å². The molecule has 262 valence electrons. The lowest BCUT2D eigenvalue weighted by atomic mass is 9.96. The van der Waals surface area contributed by atoms with Crippen molar-refractivity contribution in [3.8, 4) is 67.9 Å². The SMILES string of the molecule is c1ccc(-c2nc(-c3ccccc3)nc(-c3cccc4c3sc3cccc(-c5cccc(-c6nc(-c7ccccc7)nc7c6sc6ccccc67)c5)c34)n2)cc1. The summed E-state index contributed by atoms with van der Waals surface area (Å²) in [7, 11) is 0. The molecule has 4 heterocycles. The van der Waals surface area contributed by atoms with Crippen LogP contribution < -0.4 is 0 Å². The van der Waals surface area contributed by atoms with Crippen LogP contribution in [0.3, 0.4) is 0 Å². The van der Waals surface area contributed by atoms with Crippen LogP contribution in [0.1, 0.15) is 0 Å². The largest absolute Gasteiger partial charge is 0.226 e. The first kappa shape index (κ1) is 32.5. The summed E-state index contributed by atoms with van der Waals surface area (Å²) in [5, 5.41) is 3.54. The van der Waals surface area contributed by atoms with Crippen LogP contribution in [0, 0.1) is 0 Å². The van der Waals surface area contributed by atoms with Gasteiger partial charge in [-0.2, -0.15) is 0 Å². The van der Waals surface area contributed by atoms with Gasteiger partial charge in [-0.1, -0.05) is 152 Å². The van der Waals surface area contributed by atoms with Crippen molar-refractivity contribution in [2.75, 3.05) is 0 Å². The third kappa shape index (κ3) is 5.56. The second kappa shape index (κ2) is 13.4. The number of hydrogen-bond donors (Lipinski definition) is 0. The van der Waals surface area contributed by atoms with Gasteiger partial charge in [0.05, 0.1) is 15.9 Å². The molecule has 0 radical (unpaired) electrons. The molecule has 0 amide bonds. The van der Waals surface area contributed by atoms with E-state index >= 15 is 0 Å². The number of hydrogen-bond acceptors (Lipinski definition) is 7. The van der Waals surface area contributed by atoms with Crippen LogP contribution in [-0.4, -0.2) is 24.9 Å². The van der Waals surface area contributed by atoms with E-state index in [0.717, 1.165) is 65.2 Å². The van der Waals surface area contributed by atoms with Gasteiger partial charge < -0.3 is 0 Å². The molecule has 0 aliphatic rings. The normalized spacial score (nSPS) is 11.6. The Morgan fingerprint density at radius 1 is 0.321 bits per heavy atom. The Morgan fingerprint density at radius 2 is 0.821 bits per heavy atom. The third-order valence-corrected chi connectivity index (χ3v) is 12.5. The number of nitrogens with zero attached hydrogens (tertiary/aromatic N) is 5. The molecular weight excluding hydrogens is 723 g/mol. The van der Waals surface area contributed by atoms with E-state index in [4.69, 9.17) is 24.9 Å². The molecule has 11 rings (SSSR count). The lowest BCUT2D eigenvalue weighted by Gasteiger charge is -2.10. The summed E-state index contributed by atoms with van der Waals surface area (Å²) in [4.78, 5) is 25.5. The average molecular weight is 752 g/mol. The number of benzene rings is 7.